The minimum absolute atomic E-state index is 0.0617. The molecule has 1 aromatic heterocycles. The zero-order valence-electron chi connectivity index (χ0n) is 19.0. The highest BCUT2D eigenvalue weighted by Gasteiger charge is 2.14. The summed E-state index contributed by atoms with van der Waals surface area (Å²) in [5.74, 6) is -1.04. The molecule has 0 spiro atoms. The monoisotopic (exact) mass is 495 g/mol. The molecule has 0 bridgehead atoms. The van der Waals surface area contributed by atoms with Crippen molar-refractivity contribution in [2.24, 2.45) is 5.10 Å². The number of hydrogen-bond acceptors (Lipinski definition) is 6. The molecule has 0 aliphatic carbocycles. The van der Waals surface area contributed by atoms with Gasteiger partial charge in [-0.2, -0.15) is 5.10 Å². The predicted molar refractivity (Wildman–Crippen MR) is 140 cm³/mol. The van der Waals surface area contributed by atoms with E-state index in [2.05, 4.69) is 15.8 Å². The highest BCUT2D eigenvalue weighted by molar-refractivity contribution is 7.10. The molecule has 0 aliphatic heterocycles. The van der Waals surface area contributed by atoms with E-state index in [0.717, 1.165) is 4.88 Å². The number of nitrogens with zero attached hydrogens (tertiary/aromatic N) is 1. The van der Waals surface area contributed by atoms with E-state index in [-0.39, 0.29) is 5.70 Å². The molecule has 3 aromatic carbocycles. The summed E-state index contributed by atoms with van der Waals surface area (Å²) < 4.78 is 5.35. The highest BCUT2D eigenvalue weighted by atomic mass is 32.1. The third-order valence-electron chi connectivity index (χ3n) is 4.84. The maximum atomic E-state index is 12.8. The fraction of sp³-hybridized carbons (Fsp3) is 0. The highest BCUT2D eigenvalue weighted by Crippen LogP contribution is 2.15. The summed E-state index contributed by atoms with van der Waals surface area (Å²) >= 11 is 1.43. The number of benzene rings is 3. The van der Waals surface area contributed by atoms with Gasteiger partial charge >= 0.3 is 5.97 Å². The Bertz CT molecular complexity index is 1380. The lowest BCUT2D eigenvalue weighted by Gasteiger charge is -2.08. The number of rotatable bonds is 8. The average molecular weight is 496 g/mol. The van der Waals surface area contributed by atoms with Gasteiger partial charge in [0.25, 0.3) is 11.8 Å². The van der Waals surface area contributed by atoms with Crippen LogP contribution in [0.3, 0.4) is 0 Å². The van der Waals surface area contributed by atoms with Gasteiger partial charge in [-0.05, 0) is 71.6 Å². The van der Waals surface area contributed by atoms with Crippen molar-refractivity contribution < 1.29 is 19.1 Å². The lowest BCUT2D eigenvalue weighted by molar-refractivity contribution is -0.117. The quantitative estimate of drug-likeness (QED) is 0.120. The molecule has 2 amide bonds. The van der Waals surface area contributed by atoms with E-state index in [0.29, 0.717) is 22.4 Å². The van der Waals surface area contributed by atoms with E-state index >= 15 is 0 Å². The number of hydrazone groups is 1. The molecule has 4 aromatic rings. The molecule has 36 heavy (non-hydrogen) atoms. The first-order valence-corrected chi connectivity index (χ1v) is 11.8. The van der Waals surface area contributed by atoms with E-state index in [1.807, 2.05) is 23.6 Å². The van der Waals surface area contributed by atoms with Crippen LogP contribution in [0.1, 0.15) is 31.2 Å². The Hall–Kier alpha value is -4.82. The van der Waals surface area contributed by atoms with Crippen LogP contribution in [0.15, 0.2) is 113 Å². The van der Waals surface area contributed by atoms with Gasteiger partial charge in [-0.25, -0.2) is 10.2 Å². The molecule has 7 nitrogen and oxygen atoms in total. The average Bonchev–Trinajstić information content (AvgIpc) is 3.43. The van der Waals surface area contributed by atoms with Crippen LogP contribution in [-0.2, 0) is 4.79 Å². The molecule has 2 N–H and O–H groups in total. The van der Waals surface area contributed by atoms with Gasteiger partial charge in [-0.15, -0.1) is 11.3 Å². The second kappa shape index (κ2) is 12.0. The van der Waals surface area contributed by atoms with Gasteiger partial charge in [0.2, 0.25) is 0 Å². The molecule has 0 saturated carbocycles. The third kappa shape index (κ3) is 6.85. The van der Waals surface area contributed by atoms with Crippen molar-refractivity contribution in [2.45, 2.75) is 0 Å². The Kier molecular flexibility index (Phi) is 8.14. The maximum absolute atomic E-state index is 12.8. The zero-order valence-corrected chi connectivity index (χ0v) is 19.8. The summed E-state index contributed by atoms with van der Waals surface area (Å²) in [4.78, 5) is 38.3. The minimum Gasteiger partial charge on any atom is -0.423 e. The molecule has 0 aliphatic rings. The minimum atomic E-state index is -0.572. The topological polar surface area (TPSA) is 96.9 Å². The fourth-order valence-electron chi connectivity index (χ4n) is 3.05. The summed E-state index contributed by atoms with van der Waals surface area (Å²) in [7, 11) is 0. The number of hydrogen-bond donors (Lipinski definition) is 2. The van der Waals surface area contributed by atoms with Crippen LogP contribution in [0, 0.1) is 0 Å². The van der Waals surface area contributed by atoms with Crippen LogP contribution in [0.2, 0.25) is 0 Å². The van der Waals surface area contributed by atoms with Crippen molar-refractivity contribution in [3.8, 4) is 5.75 Å². The first-order valence-electron chi connectivity index (χ1n) is 10.9. The van der Waals surface area contributed by atoms with Gasteiger partial charge in [0.05, 0.1) is 11.8 Å². The van der Waals surface area contributed by atoms with Crippen LogP contribution in [0.4, 0.5) is 0 Å². The molecule has 0 atom stereocenters. The van der Waals surface area contributed by atoms with Gasteiger partial charge in [0.15, 0.2) is 0 Å². The number of amides is 2. The van der Waals surface area contributed by atoms with Crippen molar-refractivity contribution >= 4 is 41.4 Å². The summed E-state index contributed by atoms with van der Waals surface area (Å²) in [6.45, 7) is 0. The largest absolute Gasteiger partial charge is 0.423 e. The first-order chi connectivity index (χ1) is 17.6. The molecule has 0 unspecified atom stereocenters. The van der Waals surface area contributed by atoms with Gasteiger partial charge in [-0.3, -0.25) is 9.59 Å². The van der Waals surface area contributed by atoms with Gasteiger partial charge in [0, 0.05) is 10.4 Å². The number of carbonyl (C=O) groups excluding carboxylic acids is 3. The second-order valence-corrected chi connectivity index (χ2v) is 8.40. The van der Waals surface area contributed by atoms with Crippen LogP contribution >= 0.6 is 11.3 Å². The SMILES string of the molecule is O=C(N/N=C\c1ccc(OC(=O)c2ccccc2)cc1)/C(=C\c1cccs1)NC(=O)c1ccccc1. The number of thiophene rings is 1. The van der Waals surface area contributed by atoms with Gasteiger partial charge in [0.1, 0.15) is 11.4 Å². The third-order valence-corrected chi connectivity index (χ3v) is 5.66. The van der Waals surface area contributed by atoms with Crippen LogP contribution in [0.5, 0.6) is 5.75 Å². The lowest BCUT2D eigenvalue weighted by atomic mass is 10.2. The number of nitrogens with one attached hydrogen (secondary N) is 2. The molecule has 0 saturated heterocycles. The van der Waals surface area contributed by atoms with Crippen LogP contribution in [-0.4, -0.2) is 24.0 Å². The Morgan fingerprint density at radius 3 is 2.08 bits per heavy atom. The molecule has 1 heterocycles. The normalized spacial score (nSPS) is 11.2. The molecule has 8 heteroatoms. The summed E-state index contributed by atoms with van der Waals surface area (Å²) in [5, 5.41) is 8.52. The lowest BCUT2D eigenvalue weighted by Crippen LogP contribution is -2.32. The molecule has 178 valence electrons. The molecule has 0 fully saturated rings. The smallest absolute Gasteiger partial charge is 0.343 e. The van der Waals surface area contributed by atoms with Crippen LogP contribution in [0.25, 0.3) is 6.08 Å². The molecular weight excluding hydrogens is 474 g/mol. The van der Waals surface area contributed by atoms with Crippen molar-refractivity contribution in [1.82, 2.24) is 10.7 Å². The predicted octanol–water partition coefficient (Wildman–Crippen LogP) is 4.89. The summed E-state index contributed by atoms with van der Waals surface area (Å²) in [6.07, 6.45) is 3.04. The first kappa shape index (κ1) is 24.3. The second-order valence-electron chi connectivity index (χ2n) is 7.42. The maximum Gasteiger partial charge on any atom is 0.343 e. The number of carbonyl (C=O) groups is 3. The fourth-order valence-corrected chi connectivity index (χ4v) is 3.70. The van der Waals surface area contributed by atoms with Gasteiger partial charge < -0.3 is 10.1 Å². The molecule has 0 radical (unpaired) electrons. The standard InChI is InChI=1S/C28H21N3O4S/c32-26(21-8-3-1-4-9-21)30-25(18-24-12-7-17-36-24)27(33)31-29-19-20-13-15-23(16-14-20)35-28(34)22-10-5-2-6-11-22/h1-19H,(H,30,32)(H,31,33)/b25-18+,29-19-. The van der Waals surface area contributed by atoms with Crippen molar-refractivity contribution in [3.05, 3.63) is 130 Å². The van der Waals surface area contributed by atoms with E-state index in [4.69, 9.17) is 4.74 Å². The molecular formula is C28H21N3O4S. The van der Waals surface area contributed by atoms with E-state index in [1.165, 1.54) is 17.6 Å². The number of ether oxygens (including phenoxy) is 1. The molecule has 4 rings (SSSR count). The summed E-state index contributed by atoms with van der Waals surface area (Å²) in [6, 6.07) is 27.7. The summed E-state index contributed by atoms with van der Waals surface area (Å²) in [5.41, 5.74) is 4.06. The van der Waals surface area contributed by atoms with E-state index in [9.17, 15) is 14.4 Å². The van der Waals surface area contributed by atoms with Crippen molar-refractivity contribution in [1.29, 1.82) is 0 Å². The Balaban J connectivity index is 1.38. The van der Waals surface area contributed by atoms with Crippen molar-refractivity contribution in [3.63, 3.8) is 0 Å². The zero-order chi connectivity index (χ0) is 25.2. The van der Waals surface area contributed by atoms with E-state index in [1.54, 1.807) is 84.9 Å². The van der Waals surface area contributed by atoms with Crippen molar-refractivity contribution in [2.75, 3.05) is 0 Å². The Morgan fingerprint density at radius 2 is 1.44 bits per heavy atom. The van der Waals surface area contributed by atoms with E-state index < -0.39 is 17.8 Å². The Labute approximate surface area is 211 Å². The van der Waals surface area contributed by atoms with Gasteiger partial charge in [-0.1, -0.05) is 42.5 Å². The van der Waals surface area contributed by atoms with Crippen LogP contribution < -0.4 is 15.5 Å². The Morgan fingerprint density at radius 1 is 0.778 bits per heavy atom. The number of esters is 1.